The predicted octanol–water partition coefficient (Wildman–Crippen LogP) is 2.85. The van der Waals surface area contributed by atoms with E-state index >= 15 is 0 Å². The highest BCUT2D eigenvalue weighted by Gasteiger charge is 2.20. The van der Waals surface area contributed by atoms with Gasteiger partial charge in [0.2, 0.25) is 5.88 Å². The Balaban J connectivity index is 1.43. The van der Waals surface area contributed by atoms with Crippen LogP contribution in [0.25, 0.3) is 5.69 Å². The van der Waals surface area contributed by atoms with Gasteiger partial charge in [0.05, 0.1) is 5.69 Å². The Labute approximate surface area is 144 Å². The number of carbonyl (C=O) groups is 1. The molecule has 0 unspecified atom stereocenters. The number of hydrogen-bond acceptors (Lipinski definition) is 5. The van der Waals surface area contributed by atoms with Crippen molar-refractivity contribution in [2.75, 3.05) is 5.32 Å². The molecule has 1 N–H and O–H groups in total. The summed E-state index contributed by atoms with van der Waals surface area (Å²) in [7, 11) is 0. The minimum absolute atomic E-state index is 0.200. The Morgan fingerprint density at radius 1 is 1.20 bits per heavy atom. The fourth-order valence-electron chi connectivity index (χ4n) is 2.52. The van der Waals surface area contributed by atoms with Gasteiger partial charge in [0.15, 0.2) is 0 Å². The number of nitrogens with one attached hydrogen (secondary N) is 1. The molecule has 7 heteroatoms. The Morgan fingerprint density at radius 2 is 2.04 bits per heavy atom. The standard InChI is InChI=1S/C18H17N5O2/c24-18(13-8-9-20-17(10-13)25-16-2-1-3-16)22-14-4-6-15(7-5-14)23-12-19-11-21-23/h4-12,16H,1-3H2,(H,22,24). The van der Waals surface area contributed by atoms with Gasteiger partial charge in [-0.3, -0.25) is 4.79 Å². The van der Waals surface area contributed by atoms with Crippen molar-refractivity contribution in [3.8, 4) is 11.6 Å². The van der Waals surface area contributed by atoms with Crippen LogP contribution in [0.15, 0.2) is 55.2 Å². The van der Waals surface area contributed by atoms with Gasteiger partial charge in [0, 0.05) is 23.5 Å². The van der Waals surface area contributed by atoms with Gasteiger partial charge in [0.25, 0.3) is 5.91 Å². The van der Waals surface area contributed by atoms with Crippen molar-refractivity contribution in [3.63, 3.8) is 0 Å². The fourth-order valence-corrected chi connectivity index (χ4v) is 2.52. The minimum Gasteiger partial charge on any atom is -0.474 e. The molecule has 0 bridgehead atoms. The predicted molar refractivity (Wildman–Crippen MR) is 91.8 cm³/mol. The third kappa shape index (κ3) is 3.50. The van der Waals surface area contributed by atoms with Crippen molar-refractivity contribution < 1.29 is 9.53 Å². The summed E-state index contributed by atoms with van der Waals surface area (Å²) in [6, 6.07) is 10.7. The van der Waals surface area contributed by atoms with Crippen LogP contribution < -0.4 is 10.1 Å². The Bertz CT molecular complexity index is 857. The van der Waals surface area contributed by atoms with E-state index in [1.54, 1.807) is 29.3 Å². The first-order chi connectivity index (χ1) is 12.3. The van der Waals surface area contributed by atoms with Crippen molar-refractivity contribution in [2.24, 2.45) is 0 Å². The number of benzene rings is 1. The summed E-state index contributed by atoms with van der Waals surface area (Å²) in [5.74, 6) is 0.299. The summed E-state index contributed by atoms with van der Waals surface area (Å²) in [4.78, 5) is 20.5. The van der Waals surface area contributed by atoms with E-state index in [1.165, 1.54) is 12.7 Å². The van der Waals surface area contributed by atoms with Crippen LogP contribution in [0.5, 0.6) is 5.88 Å². The van der Waals surface area contributed by atoms with Gasteiger partial charge in [-0.25, -0.2) is 14.6 Å². The summed E-state index contributed by atoms with van der Waals surface area (Å²) >= 11 is 0. The van der Waals surface area contributed by atoms with Crippen molar-refractivity contribution >= 4 is 11.6 Å². The van der Waals surface area contributed by atoms with Crippen LogP contribution >= 0.6 is 0 Å². The maximum Gasteiger partial charge on any atom is 0.255 e. The highest BCUT2D eigenvalue weighted by molar-refractivity contribution is 6.04. The second-order valence-electron chi connectivity index (χ2n) is 5.89. The third-order valence-corrected chi connectivity index (χ3v) is 4.15. The number of amides is 1. The first kappa shape index (κ1) is 15.3. The smallest absolute Gasteiger partial charge is 0.255 e. The van der Waals surface area contributed by atoms with Crippen molar-refractivity contribution in [2.45, 2.75) is 25.4 Å². The van der Waals surface area contributed by atoms with E-state index in [0.717, 1.165) is 18.5 Å². The summed E-state index contributed by atoms with van der Waals surface area (Å²) in [6.45, 7) is 0. The summed E-state index contributed by atoms with van der Waals surface area (Å²) < 4.78 is 7.39. The third-order valence-electron chi connectivity index (χ3n) is 4.15. The van der Waals surface area contributed by atoms with E-state index in [-0.39, 0.29) is 12.0 Å². The normalized spacial score (nSPS) is 13.9. The topological polar surface area (TPSA) is 81.9 Å². The summed E-state index contributed by atoms with van der Waals surface area (Å²) in [6.07, 6.45) is 8.21. The van der Waals surface area contributed by atoms with Crippen LogP contribution in [0, 0.1) is 0 Å². The molecule has 25 heavy (non-hydrogen) atoms. The fraction of sp³-hybridized carbons (Fsp3) is 0.222. The molecular formula is C18H17N5O2. The molecule has 0 aliphatic heterocycles. The molecule has 1 saturated carbocycles. The SMILES string of the molecule is O=C(Nc1ccc(-n2cncn2)cc1)c1ccnc(OC2CCC2)c1. The van der Waals surface area contributed by atoms with E-state index in [9.17, 15) is 4.79 Å². The molecule has 126 valence electrons. The van der Waals surface area contributed by atoms with Crippen LogP contribution in [-0.2, 0) is 0 Å². The number of aromatic nitrogens is 4. The highest BCUT2D eigenvalue weighted by atomic mass is 16.5. The number of pyridine rings is 1. The van der Waals surface area contributed by atoms with Gasteiger partial charge >= 0.3 is 0 Å². The van der Waals surface area contributed by atoms with Crippen LogP contribution in [-0.4, -0.2) is 31.8 Å². The Hall–Kier alpha value is -3.22. The number of anilines is 1. The average molecular weight is 335 g/mol. The first-order valence-electron chi connectivity index (χ1n) is 8.17. The first-order valence-corrected chi connectivity index (χ1v) is 8.17. The molecule has 0 atom stereocenters. The average Bonchev–Trinajstić information content (AvgIpc) is 3.14. The Kier molecular flexibility index (Phi) is 4.12. The zero-order valence-corrected chi connectivity index (χ0v) is 13.5. The van der Waals surface area contributed by atoms with Crippen LogP contribution in [0.3, 0.4) is 0 Å². The second-order valence-corrected chi connectivity index (χ2v) is 5.89. The van der Waals surface area contributed by atoms with E-state index in [4.69, 9.17) is 4.74 Å². The zero-order chi connectivity index (χ0) is 17.1. The van der Waals surface area contributed by atoms with Crippen LogP contribution in [0.2, 0.25) is 0 Å². The monoisotopic (exact) mass is 335 g/mol. The lowest BCUT2D eigenvalue weighted by molar-refractivity contribution is 0.101. The van der Waals surface area contributed by atoms with Gasteiger partial charge < -0.3 is 10.1 Å². The van der Waals surface area contributed by atoms with Gasteiger partial charge in [-0.1, -0.05) is 0 Å². The molecule has 2 aromatic heterocycles. The van der Waals surface area contributed by atoms with Crippen molar-refractivity contribution in [1.82, 2.24) is 19.7 Å². The molecule has 1 amide bonds. The lowest BCUT2D eigenvalue weighted by Crippen LogP contribution is -2.25. The molecular weight excluding hydrogens is 318 g/mol. The largest absolute Gasteiger partial charge is 0.474 e. The summed E-state index contributed by atoms with van der Waals surface area (Å²) in [5.41, 5.74) is 2.09. The quantitative estimate of drug-likeness (QED) is 0.775. The van der Waals surface area contributed by atoms with E-state index in [1.807, 2.05) is 24.3 Å². The van der Waals surface area contributed by atoms with Crippen molar-refractivity contribution in [1.29, 1.82) is 0 Å². The molecule has 2 heterocycles. The molecule has 3 aromatic rings. The van der Waals surface area contributed by atoms with Gasteiger partial charge in [-0.2, -0.15) is 5.10 Å². The van der Waals surface area contributed by atoms with E-state index < -0.39 is 0 Å². The number of rotatable bonds is 5. The summed E-state index contributed by atoms with van der Waals surface area (Å²) in [5, 5.41) is 6.94. The number of nitrogens with zero attached hydrogens (tertiary/aromatic N) is 4. The lowest BCUT2D eigenvalue weighted by atomic mass is 9.96. The highest BCUT2D eigenvalue weighted by Crippen LogP contribution is 2.24. The van der Waals surface area contributed by atoms with Gasteiger partial charge in [-0.05, 0) is 49.6 Å². The molecule has 1 aromatic carbocycles. The van der Waals surface area contributed by atoms with Crippen molar-refractivity contribution in [3.05, 3.63) is 60.8 Å². The molecule has 7 nitrogen and oxygen atoms in total. The maximum atomic E-state index is 12.4. The molecule has 1 fully saturated rings. The van der Waals surface area contributed by atoms with Gasteiger partial charge in [-0.15, -0.1) is 0 Å². The second kappa shape index (κ2) is 6.72. The van der Waals surface area contributed by atoms with Gasteiger partial charge in [0.1, 0.15) is 18.8 Å². The lowest BCUT2D eigenvalue weighted by Gasteiger charge is -2.25. The molecule has 0 saturated heterocycles. The van der Waals surface area contributed by atoms with E-state index in [0.29, 0.717) is 17.1 Å². The number of carbonyl (C=O) groups excluding carboxylic acids is 1. The Morgan fingerprint density at radius 3 is 2.72 bits per heavy atom. The number of ether oxygens (including phenoxy) is 1. The zero-order valence-electron chi connectivity index (χ0n) is 13.5. The maximum absolute atomic E-state index is 12.4. The number of hydrogen-bond donors (Lipinski definition) is 1. The molecule has 0 spiro atoms. The van der Waals surface area contributed by atoms with Crippen LogP contribution in [0.1, 0.15) is 29.6 Å². The van der Waals surface area contributed by atoms with Crippen LogP contribution in [0.4, 0.5) is 5.69 Å². The molecule has 1 aliphatic rings. The molecule has 0 radical (unpaired) electrons. The minimum atomic E-state index is -0.200. The molecule has 1 aliphatic carbocycles. The molecule has 4 rings (SSSR count). The van der Waals surface area contributed by atoms with E-state index in [2.05, 4.69) is 20.4 Å².